The molecule has 0 saturated heterocycles. The summed E-state index contributed by atoms with van der Waals surface area (Å²) in [5, 5.41) is 28.3. The van der Waals surface area contributed by atoms with E-state index >= 15 is 0 Å². The molecule has 0 atom stereocenters. The van der Waals surface area contributed by atoms with Crippen molar-refractivity contribution in [2.75, 3.05) is 5.32 Å². The Morgan fingerprint density at radius 1 is 0.955 bits per heavy atom. The van der Waals surface area contributed by atoms with Crippen molar-refractivity contribution in [3.8, 4) is 0 Å². The zero-order chi connectivity index (χ0) is 16.7. The lowest BCUT2D eigenvalue weighted by molar-refractivity contribution is -0.154. The second-order valence-electron chi connectivity index (χ2n) is 4.39. The van der Waals surface area contributed by atoms with Crippen molar-refractivity contribution in [2.24, 2.45) is 5.92 Å². The molecule has 0 aromatic heterocycles. The van der Waals surface area contributed by atoms with E-state index in [0.29, 0.717) is 11.3 Å². The predicted molar refractivity (Wildman–Crippen MR) is 72.1 cm³/mol. The topological polar surface area (TPSA) is 153 Å². The van der Waals surface area contributed by atoms with Gasteiger partial charge in [-0.2, -0.15) is 0 Å². The Kier molecular flexibility index (Phi) is 6.02. The molecule has 0 aliphatic rings. The molecule has 0 saturated carbocycles. The number of carboxylic acids is 2. The predicted octanol–water partition coefficient (Wildman–Crippen LogP) is -0.152. The van der Waals surface area contributed by atoms with Gasteiger partial charge in [-0.1, -0.05) is 12.1 Å². The number of nitrogens with one attached hydrogen (secondary N) is 2. The number of anilines is 1. The number of rotatable bonds is 7. The van der Waals surface area contributed by atoms with Gasteiger partial charge in [-0.05, 0) is 24.1 Å². The molecule has 0 spiro atoms. The zero-order valence-corrected chi connectivity index (χ0v) is 11.3. The van der Waals surface area contributed by atoms with Gasteiger partial charge in [0.05, 0.1) is 0 Å². The van der Waals surface area contributed by atoms with Crippen LogP contribution < -0.4 is 10.8 Å². The van der Waals surface area contributed by atoms with Crippen LogP contribution in [-0.4, -0.2) is 39.2 Å². The van der Waals surface area contributed by atoms with E-state index in [2.05, 4.69) is 5.32 Å². The van der Waals surface area contributed by atoms with Crippen LogP contribution in [0.2, 0.25) is 0 Å². The Bertz CT molecular complexity index is 569. The van der Waals surface area contributed by atoms with Gasteiger partial charge in [-0.15, -0.1) is 0 Å². The van der Waals surface area contributed by atoms with Crippen LogP contribution in [0.25, 0.3) is 0 Å². The lowest BCUT2D eigenvalue weighted by Gasteiger charge is -2.09. The second kappa shape index (κ2) is 7.74. The molecule has 2 amide bonds. The minimum absolute atomic E-state index is 0.189. The fourth-order valence-electron chi connectivity index (χ4n) is 1.63. The standard InChI is InChI=1S/C13H14N2O7/c16-10(6-11(17)15-22)14-8-3-1-7(2-4-8)5-9(12(18)19)13(20)21/h1-4,9,22H,5-6H2,(H,14,16)(H,15,17)(H,18,19)(H,20,21). The highest BCUT2D eigenvalue weighted by atomic mass is 16.5. The maximum Gasteiger partial charge on any atom is 0.318 e. The van der Waals surface area contributed by atoms with Gasteiger partial charge in [-0.3, -0.25) is 24.4 Å². The van der Waals surface area contributed by atoms with Crippen molar-refractivity contribution >= 4 is 29.4 Å². The Hall–Kier alpha value is -2.94. The normalized spacial score (nSPS) is 10.1. The number of amides is 2. The van der Waals surface area contributed by atoms with Crippen molar-refractivity contribution in [1.82, 2.24) is 5.48 Å². The summed E-state index contributed by atoms with van der Waals surface area (Å²) in [5.41, 5.74) is 2.14. The van der Waals surface area contributed by atoms with Gasteiger partial charge in [0.25, 0.3) is 5.91 Å². The first-order valence-corrected chi connectivity index (χ1v) is 6.10. The number of hydroxylamine groups is 1. The zero-order valence-electron chi connectivity index (χ0n) is 11.3. The number of carbonyl (C=O) groups excluding carboxylic acids is 2. The highest BCUT2D eigenvalue weighted by Crippen LogP contribution is 2.14. The maximum atomic E-state index is 11.4. The van der Waals surface area contributed by atoms with E-state index in [9.17, 15) is 19.2 Å². The molecule has 9 heteroatoms. The second-order valence-corrected chi connectivity index (χ2v) is 4.39. The molecule has 1 aromatic carbocycles. The van der Waals surface area contributed by atoms with Crippen LogP contribution in [0.3, 0.4) is 0 Å². The third-order valence-electron chi connectivity index (χ3n) is 2.72. The lowest BCUT2D eigenvalue weighted by atomic mass is 9.99. The first-order chi connectivity index (χ1) is 10.3. The van der Waals surface area contributed by atoms with Gasteiger partial charge < -0.3 is 15.5 Å². The molecule has 0 heterocycles. The molecule has 0 unspecified atom stereocenters. The van der Waals surface area contributed by atoms with Gasteiger partial charge in [0.1, 0.15) is 6.42 Å². The molecule has 0 radical (unpaired) electrons. The molecular weight excluding hydrogens is 296 g/mol. The number of carbonyl (C=O) groups is 4. The lowest BCUT2D eigenvalue weighted by Crippen LogP contribution is -2.25. The van der Waals surface area contributed by atoms with E-state index in [4.69, 9.17) is 15.4 Å². The average Bonchev–Trinajstić information content (AvgIpc) is 2.45. The molecule has 0 aliphatic heterocycles. The quantitative estimate of drug-likeness (QED) is 0.266. The maximum absolute atomic E-state index is 11.4. The van der Waals surface area contributed by atoms with Gasteiger partial charge in [-0.25, -0.2) is 5.48 Å². The third-order valence-corrected chi connectivity index (χ3v) is 2.72. The van der Waals surface area contributed by atoms with E-state index in [-0.39, 0.29) is 6.42 Å². The summed E-state index contributed by atoms with van der Waals surface area (Å²) in [6.45, 7) is 0. The Balaban J connectivity index is 2.66. The summed E-state index contributed by atoms with van der Waals surface area (Å²) < 4.78 is 0. The fourth-order valence-corrected chi connectivity index (χ4v) is 1.63. The smallest absolute Gasteiger partial charge is 0.318 e. The van der Waals surface area contributed by atoms with Gasteiger partial charge in [0.2, 0.25) is 5.91 Å². The minimum atomic E-state index is -1.55. The molecule has 0 aliphatic carbocycles. The minimum Gasteiger partial charge on any atom is -0.481 e. The summed E-state index contributed by atoms with van der Waals surface area (Å²) >= 11 is 0. The van der Waals surface area contributed by atoms with Crippen molar-refractivity contribution in [3.05, 3.63) is 29.8 Å². The summed E-state index contributed by atoms with van der Waals surface area (Å²) in [5.74, 6) is -5.92. The number of hydrogen-bond donors (Lipinski definition) is 5. The van der Waals surface area contributed by atoms with Gasteiger partial charge >= 0.3 is 11.9 Å². The molecule has 1 aromatic rings. The molecule has 1 rings (SSSR count). The first kappa shape index (κ1) is 17.1. The molecule has 9 nitrogen and oxygen atoms in total. The van der Waals surface area contributed by atoms with E-state index < -0.39 is 36.1 Å². The molecular formula is C13H14N2O7. The van der Waals surface area contributed by atoms with Crippen LogP contribution in [-0.2, 0) is 25.6 Å². The highest BCUT2D eigenvalue weighted by molar-refractivity contribution is 6.03. The summed E-state index contributed by atoms with van der Waals surface area (Å²) in [4.78, 5) is 43.8. The van der Waals surface area contributed by atoms with Crippen LogP contribution in [0.4, 0.5) is 5.69 Å². The Labute approximate surface area is 124 Å². The van der Waals surface area contributed by atoms with Crippen molar-refractivity contribution in [3.63, 3.8) is 0 Å². The van der Waals surface area contributed by atoms with Crippen LogP contribution >= 0.6 is 0 Å². The summed E-state index contributed by atoms with van der Waals surface area (Å²) in [6, 6.07) is 5.84. The van der Waals surface area contributed by atoms with E-state index in [1.54, 1.807) is 0 Å². The van der Waals surface area contributed by atoms with Crippen molar-refractivity contribution in [1.29, 1.82) is 0 Å². The molecule has 5 N–H and O–H groups in total. The Morgan fingerprint density at radius 2 is 1.50 bits per heavy atom. The van der Waals surface area contributed by atoms with E-state index in [0.717, 1.165) is 0 Å². The number of carboxylic acid groups (broad SMARTS) is 2. The number of hydrogen-bond acceptors (Lipinski definition) is 5. The van der Waals surface area contributed by atoms with Crippen LogP contribution in [0.15, 0.2) is 24.3 Å². The van der Waals surface area contributed by atoms with Crippen molar-refractivity contribution < 1.29 is 34.6 Å². The van der Waals surface area contributed by atoms with Crippen LogP contribution in [0.5, 0.6) is 0 Å². The SMILES string of the molecule is O=C(CC(=O)Nc1ccc(CC(C(=O)O)C(=O)O)cc1)NO. The summed E-state index contributed by atoms with van der Waals surface area (Å²) in [7, 11) is 0. The Morgan fingerprint density at radius 3 is 1.95 bits per heavy atom. The number of aliphatic carboxylic acids is 2. The molecule has 118 valence electrons. The van der Waals surface area contributed by atoms with Crippen LogP contribution in [0.1, 0.15) is 12.0 Å². The van der Waals surface area contributed by atoms with Crippen molar-refractivity contribution in [2.45, 2.75) is 12.8 Å². The van der Waals surface area contributed by atoms with E-state index in [1.165, 1.54) is 29.7 Å². The highest BCUT2D eigenvalue weighted by Gasteiger charge is 2.25. The summed E-state index contributed by atoms with van der Waals surface area (Å²) in [6.07, 6.45) is -0.746. The first-order valence-electron chi connectivity index (χ1n) is 6.10. The molecule has 22 heavy (non-hydrogen) atoms. The largest absolute Gasteiger partial charge is 0.481 e. The van der Waals surface area contributed by atoms with Gasteiger partial charge in [0.15, 0.2) is 5.92 Å². The monoisotopic (exact) mass is 310 g/mol. The van der Waals surface area contributed by atoms with E-state index in [1.807, 2.05) is 0 Å². The average molecular weight is 310 g/mol. The number of benzene rings is 1. The molecule has 0 bridgehead atoms. The fraction of sp³-hybridized carbons (Fsp3) is 0.231. The van der Waals surface area contributed by atoms with Crippen LogP contribution in [0, 0.1) is 5.92 Å². The molecule has 0 fully saturated rings. The van der Waals surface area contributed by atoms with Gasteiger partial charge in [0, 0.05) is 5.69 Å². The third kappa shape index (κ3) is 5.21.